The fourth-order valence-corrected chi connectivity index (χ4v) is 1.92. The molecule has 1 heterocycles. The first-order valence-corrected chi connectivity index (χ1v) is 6.14. The van der Waals surface area contributed by atoms with Crippen molar-refractivity contribution in [1.82, 2.24) is 0 Å². The van der Waals surface area contributed by atoms with Crippen molar-refractivity contribution in [3.8, 4) is 5.75 Å². The van der Waals surface area contributed by atoms with Crippen LogP contribution in [0.1, 0.15) is 19.3 Å². The minimum atomic E-state index is 0.280. The summed E-state index contributed by atoms with van der Waals surface area (Å²) in [6.45, 7) is 1.55. The minimum Gasteiger partial charge on any atom is -0.491 e. The number of ether oxygens (including phenoxy) is 2. The highest BCUT2D eigenvalue weighted by Gasteiger charge is 2.14. The predicted octanol–water partition coefficient (Wildman–Crippen LogP) is 3.40. The van der Waals surface area contributed by atoms with E-state index in [2.05, 4.69) is 15.9 Å². The maximum Gasteiger partial charge on any atom is 0.119 e. The molecular formula is C12H15BrO2. The molecule has 1 aromatic rings. The number of halogens is 1. The molecule has 0 amide bonds. The Morgan fingerprint density at radius 1 is 1.27 bits per heavy atom. The zero-order valence-electron chi connectivity index (χ0n) is 8.62. The van der Waals surface area contributed by atoms with Gasteiger partial charge in [-0.2, -0.15) is 0 Å². The Labute approximate surface area is 98.7 Å². The summed E-state index contributed by atoms with van der Waals surface area (Å²) in [7, 11) is 0. The van der Waals surface area contributed by atoms with E-state index in [1.54, 1.807) is 0 Å². The maximum atomic E-state index is 5.65. The first kappa shape index (κ1) is 11.0. The molecule has 15 heavy (non-hydrogen) atoms. The Kier molecular flexibility index (Phi) is 4.03. The molecule has 3 heteroatoms. The van der Waals surface area contributed by atoms with E-state index in [-0.39, 0.29) is 6.10 Å². The van der Waals surface area contributed by atoms with Crippen LogP contribution < -0.4 is 4.74 Å². The largest absolute Gasteiger partial charge is 0.491 e. The third kappa shape index (κ3) is 3.50. The van der Waals surface area contributed by atoms with Gasteiger partial charge in [0, 0.05) is 11.1 Å². The van der Waals surface area contributed by atoms with Gasteiger partial charge in [0.15, 0.2) is 0 Å². The van der Waals surface area contributed by atoms with Crippen molar-refractivity contribution in [2.75, 3.05) is 13.2 Å². The smallest absolute Gasteiger partial charge is 0.119 e. The molecule has 2 rings (SSSR count). The number of benzene rings is 1. The van der Waals surface area contributed by atoms with Crippen LogP contribution >= 0.6 is 15.9 Å². The van der Waals surface area contributed by atoms with E-state index in [1.165, 1.54) is 12.8 Å². The van der Waals surface area contributed by atoms with E-state index < -0.39 is 0 Å². The molecule has 0 unspecified atom stereocenters. The maximum absolute atomic E-state index is 5.65. The Bertz CT molecular complexity index is 291. The lowest BCUT2D eigenvalue weighted by molar-refractivity contribution is -0.0110. The third-order valence-electron chi connectivity index (χ3n) is 2.52. The van der Waals surface area contributed by atoms with Crippen molar-refractivity contribution >= 4 is 15.9 Å². The highest BCUT2D eigenvalue weighted by atomic mass is 79.9. The summed E-state index contributed by atoms with van der Waals surface area (Å²) < 4.78 is 12.3. The van der Waals surface area contributed by atoms with Gasteiger partial charge < -0.3 is 9.47 Å². The lowest BCUT2D eigenvalue weighted by atomic mass is 10.1. The van der Waals surface area contributed by atoms with Gasteiger partial charge in [0.2, 0.25) is 0 Å². The molecule has 0 N–H and O–H groups in total. The van der Waals surface area contributed by atoms with Crippen LogP contribution in [-0.2, 0) is 4.74 Å². The fraction of sp³-hybridized carbons (Fsp3) is 0.500. The minimum absolute atomic E-state index is 0.280. The molecular weight excluding hydrogens is 256 g/mol. The van der Waals surface area contributed by atoms with Gasteiger partial charge in [-0.15, -0.1) is 0 Å². The second kappa shape index (κ2) is 5.52. The number of hydrogen-bond donors (Lipinski definition) is 0. The quantitative estimate of drug-likeness (QED) is 0.838. The van der Waals surface area contributed by atoms with Gasteiger partial charge in [-0.05, 0) is 43.5 Å². The topological polar surface area (TPSA) is 18.5 Å². The summed E-state index contributed by atoms with van der Waals surface area (Å²) in [4.78, 5) is 0. The van der Waals surface area contributed by atoms with Gasteiger partial charge in [-0.3, -0.25) is 0 Å². The molecule has 0 radical (unpaired) electrons. The van der Waals surface area contributed by atoms with Gasteiger partial charge in [0.1, 0.15) is 12.4 Å². The van der Waals surface area contributed by atoms with E-state index in [9.17, 15) is 0 Å². The SMILES string of the molecule is Brc1ccc(OC[C@H]2CCCCO2)cc1. The average Bonchev–Trinajstić information content (AvgIpc) is 2.30. The van der Waals surface area contributed by atoms with Crippen molar-refractivity contribution in [3.63, 3.8) is 0 Å². The molecule has 1 fully saturated rings. The Hall–Kier alpha value is -0.540. The zero-order valence-corrected chi connectivity index (χ0v) is 10.2. The van der Waals surface area contributed by atoms with Gasteiger partial charge in [0.25, 0.3) is 0 Å². The second-order valence-electron chi connectivity index (χ2n) is 3.75. The molecule has 82 valence electrons. The summed E-state index contributed by atoms with van der Waals surface area (Å²) in [5.41, 5.74) is 0. The number of rotatable bonds is 3. The van der Waals surface area contributed by atoms with E-state index in [0.717, 1.165) is 23.2 Å². The summed E-state index contributed by atoms with van der Waals surface area (Å²) in [5.74, 6) is 0.910. The Balaban J connectivity index is 1.79. The Morgan fingerprint density at radius 3 is 2.73 bits per heavy atom. The Morgan fingerprint density at radius 2 is 2.07 bits per heavy atom. The summed E-state index contributed by atoms with van der Waals surface area (Å²) in [5, 5.41) is 0. The van der Waals surface area contributed by atoms with Crippen molar-refractivity contribution in [2.45, 2.75) is 25.4 Å². The van der Waals surface area contributed by atoms with Crippen LogP contribution in [0.4, 0.5) is 0 Å². The molecule has 0 aliphatic carbocycles. The molecule has 1 aliphatic heterocycles. The molecule has 1 saturated heterocycles. The van der Waals surface area contributed by atoms with Crippen molar-refractivity contribution in [3.05, 3.63) is 28.7 Å². The molecule has 1 aliphatic rings. The second-order valence-corrected chi connectivity index (χ2v) is 4.67. The molecule has 2 nitrogen and oxygen atoms in total. The predicted molar refractivity (Wildman–Crippen MR) is 63.2 cm³/mol. The molecule has 1 aromatic carbocycles. The van der Waals surface area contributed by atoms with Crippen LogP contribution in [0.2, 0.25) is 0 Å². The standard InChI is InChI=1S/C12H15BrO2/c13-10-4-6-11(7-5-10)15-9-12-3-1-2-8-14-12/h4-7,12H,1-3,8-9H2/t12-/m1/s1. The lowest BCUT2D eigenvalue weighted by Gasteiger charge is -2.22. The fourth-order valence-electron chi connectivity index (χ4n) is 1.66. The van der Waals surface area contributed by atoms with Crippen LogP contribution in [0.25, 0.3) is 0 Å². The molecule has 0 saturated carbocycles. The van der Waals surface area contributed by atoms with Gasteiger partial charge in [-0.1, -0.05) is 15.9 Å². The van der Waals surface area contributed by atoms with E-state index in [1.807, 2.05) is 24.3 Å². The lowest BCUT2D eigenvalue weighted by Crippen LogP contribution is -2.25. The summed E-state index contributed by atoms with van der Waals surface area (Å²) in [6.07, 6.45) is 3.85. The van der Waals surface area contributed by atoms with Crippen molar-refractivity contribution in [1.29, 1.82) is 0 Å². The molecule has 0 bridgehead atoms. The van der Waals surface area contributed by atoms with Gasteiger partial charge >= 0.3 is 0 Å². The van der Waals surface area contributed by atoms with E-state index in [4.69, 9.17) is 9.47 Å². The van der Waals surface area contributed by atoms with Crippen molar-refractivity contribution < 1.29 is 9.47 Å². The first-order valence-electron chi connectivity index (χ1n) is 5.34. The normalized spacial score (nSPS) is 21.3. The monoisotopic (exact) mass is 270 g/mol. The van der Waals surface area contributed by atoms with Gasteiger partial charge in [0.05, 0.1) is 6.10 Å². The summed E-state index contributed by atoms with van der Waals surface area (Å²) in [6, 6.07) is 7.90. The van der Waals surface area contributed by atoms with E-state index in [0.29, 0.717) is 6.61 Å². The zero-order chi connectivity index (χ0) is 10.5. The first-order chi connectivity index (χ1) is 7.34. The molecule has 0 spiro atoms. The van der Waals surface area contributed by atoms with E-state index >= 15 is 0 Å². The molecule has 0 aromatic heterocycles. The van der Waals surface area contributed by atoms with Crippen molar-refractivity contribution in [2.24, 2.45) is 0 Å². The van der Waals surface area contributed by atoms with Crippen LogP contribution in [0.15, 0.2) is 28.7 Å². The third-order valence-corrected chi connectivity index (χ3v) is 3.05. The van der Waals surface area contributed by atoms with Crippen LogP contribution in [0.3, 0.4) is 0 Å². The van der Waals surface area contributed by atoms with Gasteiger partial charge in [-0.25, -0.2) is 0 Å². The van der Waals surface area contributed by atoms with Crippen LogP contribution in [0, 0.1) is 0 Å². The molecule has 1 atom stereocenters. The van der Waals surface area contributed by atoms with Crippen LogP contribution in [-0.4, -0.2) is 19.3 Å². The summed E-state index contributed by atoms with van der Waals surface area (Å²) >= 11 is 3.39. The highest BCUT2D eigenvalue weighted by Crippen LogP contribution is 2.18. The van der Waals surface area contributed by atoms with Crippen LogP contribution in [0.5, 0.6) is 5.75 Å². The average molecular weight is 271 g/mol. The number of hydrogen-bond acceptors (Lipinski definition) is 2. The highest BCUT2D eigenvalue weighted by molar-refractivity contribution is 9.10.